The normalized spacial score (nSPS) is 19.4. The fraction of sp³-hybridized carbons (Fsp3) is 0.273. The Balaban J connectivity index is 2.33. The van der Waals surface area contributed by atoms with E-state index in [0.29, 0.717) is 0 Å². The minimum atomic E-state index is -4.81. The van der Waals surface area contributed by atoms with Crippen molar-refractivity contribution >= 4 is 33.5 Å². The molecule has 20 heavy (non-hydrogen) atoms. The monoisotopic (exact) mass is 302 g/mol. The van der Waals surface area contributed by atoms with Gasteiger partial charge in [0.15, 0.2) is 0 Å². The molecular formula is C11H11FN2O5S. The van der Waals surface area contributed by atoms with Crippen LogP contribution in [0.4, 0.5) is 15.3 Å². The Kier molecular flexibility index (Phi) is 3.38. The van der Waals surface area contributed by atoms with Gasteiger partial charge in [-0.25, -0.2) is 4.79 Å². The van der Waals surface area contributed by atoms with Gasteiger partial charge in [-0.3, -0.25) is 4.79 Å². The molecule has 1 amide bonds. The maximum absolute atomic E-state index is 12.9. The number of anilines is 2. The molecule has 1 heterocycles. The topological polar surface area (TPSA) is 118 Å². The molecule has 0 bridgehead atoms. The number of benzene rings is 1. The fourth-order valence-corrected chi connectivity index (χ4v) is 2.70. The van der Waals surface area contributed by atoms with Gasteiger partial charge in [-0.05, 0) is 18.2 Å². The predicted octanol–water partition coefficient (Wildman–Crippen LogP) is 0.372. The van der Waals surface area contributed by atoms with Crippen LogP contribution < -0.4 is 10.6 Å². The summed E-state index contributed by atoms with van der Waals surface area (Å²) in [5.41, 5.74) is 5.77. The second-order valence-corrected chi connectivity index (χ2v) is 6.00. The lowest BCUT2D eigenvalue weighted by molar-refractivity contribution is -0.117. The quantitative estimate of drug-likeness (QED) is 0.615. The molecule has 0 aromatic heterocycles. The van der Waals surface area contributed by atoms with Crippen molar-refractivity contribution in [2.24, 2.45) is 0 Å². The predicted molar refractivity (Wildman–Crippen MR) is 68.6 cm³/mol. The molecule has 7 nitrogen and oxygen atoms in total. The van der Waals surface area contributed by atoms with E-state index in [1.54, 1.807) is 0 Å². The third-order valence-electron chi connectivity index (χ3n) is 3.05. The number of aromatic carboxylic acids is 1. The molecule has 9 heteroatoms. The molecule has 0 aliphatic carbocycles. The second kappa shape index (κ2) is 4.75. The Hall–Kier alpha value is -2.16. The van der Waals surface area contributed by atoms with Crippen LogP contribution in [0.2, 0.25) is 0 Å². The van der Waals surface area contributed by atoms with Gasteiger partial charge < -0.3 is 15.7 Å². The van der Waals surface area contributed by atoms with Crippen molar-refractivity contribution in [3.63, 3.8) is 0 Å². The van der Waals surface area contributed by atoms with Gasteiger partial charge in [0.25, 0.3) is 0 Å². The van der Waals surface area contributed by atoms with Crippen LogP contribution in [0.5, 0.6) is 0 Å². The zero-order valence-corrected chi connectivity index (χ0v) is 10.9. The third-order valence-corrected chi connectivity index (χ3v) is 4.17. The lowest BCUT2D eigenvalue weighted by Crippen LogP contribution is -2.27. The summed E-state index contributed by atoms with van der Waals surface area (Å²) in [5, 5.41) is 7.38. The standard InChI is InChI=1S/C11H11FN2O5S/c12-20(18,19)7-4-10(15)14(5-7)9-2-1-6(11(16)17)3-8(9)13/h1-3,7H,4-5,13H2,(H,16,17). The summed E-state index contributed by atoms with van der Waals surface area (Å²) in [5.74, 6) is -1.76. The summed E-state index contributed by atoms with van der Waals surface area (Å²) in [6.07, 6.45) is -0.459. The van der Waals surface area contributed by atoms with Gasteiger partial charge in [-0.2, -0.15) is 8.42 Å². The van der Waals surface area contributed by atoms with Crippen molar-refractivity contribution in [3.8, 4) is 0 Å². The summed E-state index contributed by atoms with van der Waals surface area (Å²) >= 11 is 0. The van der Waals surface area contributed by atoms with Gasteiger partial charge in [-0.1, -0.05) is 0 Å². The van der Waals surface area contributed by atoms with E-state index in [9.17, 15) is 21.9 Å². The van der Waals surface area contributed by atoms with E-state index in [0.717, 1.165) is 11.0 Å². The van der Waals surface area contributed by atoms with Gasteiger partial charge in [0.1, 0.15) is 5.25 Å². The van der Waals surface area contributed by atoms with Crippen molar-refractivity contribution in [1.29, 1.82) is 0 Å². The summed E-state index contributed by atoms with van der Waals surface area (Å²) in [7, 11) is -4.81. The molecule has 108 valence electrons. The summed E-state index contributed by atoms with van der Waals surface area (Å²) in [4.78, 5) is 23.5. The minimum absolute atomic E-state index is 0.00940. The Morgan fingerprint density at radius 3 is 2.55 bits per heavy atom. The summed E-state index contributed by atoms with van der Waals surface area (Å²) < 4.78 is 34.6. The van der Waals surface area contributed by atoms with Crippen LogP contribution in [-0.2, 0) is 15.0 Å². The first kappa shape index (κ1) is 14.3. The van der Waals surface area contributed by atoms with E-state index in [4.69, 9.17) is 10.8 Å². The van der Waals surface area contributed by atoms with Gasteiger partial charge >= 0.3 is 16.2 Å². The number of carboxylic acids is 1. The van der Waals surface area contributed by atoms with Gasteiger partial charge in [-0.15, -0.1) is 3.89 Å². The van der Waals surface area contributed by atoms with Crippen molar-refractivity contribution < 1.29 is 27.0 Å². The minimum Gasteiger partial charge on any atom is -0.478 e. The van der Waals surface area contributed by atoms with Crippen LogP contribution in [0.1, 0.15) is 16.8 Å². The molecule has 1 aromatic carbocycles. The number of carboxylic acid groups (broad SMARTS) is 1. The van der Waals surface area contributed by atoms with Crippen LogP contribution in [0.3, 0.4) is 0 Å². The SMILES string of the molecule is Nc1cc(C(=O)O)ccc1N1CC(S(=O)(=O)F)CC1=O. The molecule has 1 aliphatic rings. The Labute approximate surface area is 114 Å². The van der Waals surface area contributed by atoms with Crippen LogP contribution in [0, 0.1) is 0 Å². The summed E-state index contributed by atoms with van der Waals surface area (Å²) in [6.45, 7) is -0.339. The lowest BCUT2D eigenvalue weighted by Gasteiger charge is -2.18. The Morgan fingerprint density at radius 1 is 1.45 bits per heavy atom. The van der Waals surface area contributed by atoms with Crippen LogP contribution in [0.25, 0.3) is 0 Å². The second-order valence-electron chi connectivity index (χ2n) is 4.38. The van der Waals surface area contributed by atoms with E-state index < -0.39 is 33.8 Å². The Morgan fingerprint density at radius 2 is 2.10 bits per heavy atom. The van der Waals surface area contributed by atoms with Crippen LogP contribution in [0.15, 0.2) is 18.2 Å². The molecule has 3 N–H and O–H groups in total. The zero-order valence-electron chi connectivity index (χ0n) is 10.1. The van der Waals surface area contributed by atoms with E-state index in [1.165, 1.54) is 12.1 Å². The molecule has 1 atom stereocenters. The molecule has 0 spiro atoms. The van der Waals surface area contributed by atoms with Gasteiger partial charge in [0.05, 0.1) is 16.9 Å². The van der Waals surface area contributed by atoms with E-state index in [2.05, 4.69) is 0 Å². The number of hydrogen-bond donors (Lipinski definition) is 2. The van der Waals surface area contributed by atoms with Gasteiger partial charge in [0.2, 0.25) is 5.91 Å². The lowest BCUT2D eigenvalue weighted by atomic mass is 10.1. The van der Waals surface area contributed by atoms with E-state index in [-0.39, 0.29) is 23.5 Å². The number of nitrogens with two attached hydrogens (primary N) is 1. The highest BCUT2D eigenvalue weighted by molar-refractivity contribution is 7.87. The number of carbonyl (C=O) groups is 2. The fourth-order valence-electron chi connectivity index (χ4n) is 2.03. The number of hydrogen-bond acceptors (Lipinski definition) is 5. The third kappa shape index (κ3) is 2.57. The van der Waals surface area contributed by atoms with Crippen molar-refractivity contribution in [2.75, 3.05) is 17.2 Å². The average Bonchev–Trinajstić information content (AvgIpc) is 2.71. The van der Waals surface area contributed by atoms with Crippen molar-refractivity contribution in [2.45, 2.75) is 11.7 Å². The largest absolute Gasteiger partial charge is 0.478 e. The smallest absolute Gasteiger partial charge is 0.335 e. The highest BCUT2D eigenvalue weighted by Gasteiger charge is 2.39. The van der Waals surface area contributed by atoms with E-state index >= 15 is 0 Å². The number of halogens is 1. The molecule has 0 saturated carbocycles. The van der Waals surface area contributed by atoms with Crippen LogP contribution in [-0.4, -0.2) is 37.2 Å². The summed E-state index contributed by atoms with van der Waals surface area (Å²) in [6, 6.07) is 3.69. The molecule has 1 saturated heterocycles. The first-order chi connectivity index (χ1) is 9.20. The number of rotatable bonds is 3. The Bertz CT molecular complexity index is 688. The van der Waals surface area contributed by atoms with Gasteiger partial charge in [0, 0.05) is 13.0 Å². The maximum Gasteiger partial charge on any atom is 0.335 e. The van der Waals surface area contributed by atoms with E-state index in [1.807, 2.05) is 0 Å². The molecular weight excluding hydrogens is 291 g/mol. The molecule has 0 radical (unpaired) electrons. The molecule has 1 unspecified atom stereocenters. The number of carbonyl (C=O) groups excluding carboxylic acids is 1. The molecule has 1 fully saturated rings. The number of amides is 1. The zero-order chi connectivity index (χ0) is 15.1. The highest BCUT2D eigenvalue weighted by Crippen LogP contribution is 2.30. The average molecular weight is 302 g/mol. The van der Waals surface area contributed by atoms with Crippen LogP contribution >= 0.6 is 0 Å². The molecule has 1 aliphatic heterocycles. The van der Waals surface area contributed by atoms with Crippen molar-refractivity contribution in [3.05, 3.63) is 23.8 Å². The number of nitrogens with zero attached hydrogens (tertiary/aromatic N) is 1. The maximum atomic E-state index is 12.9. The first-order valence-electron chi connectivity index (χ1n) is 5.57. The molecule has 1 aromatic rings. The molecule has 2 rings (SSSR count). The highest BCUT2D eigenvalue weighted by atomic mass is 32.3. The first-order valence-corrected chi connectivity index (χ1v) is 7.01. The number of nitrogen functional groups attached to an aromatic ring is 1. The van der Waals surface area contributed by atoms with Crippen molar-refractivity contribution in [1.82, 2.24) is 0 Å².